The lowest BCUT2D eigenvalue weighted by molar-refractivity contribution is -0.135. The number of ether oxygens (including phenoxy) is 1. The Morgan fingerprint density at radius 3 is 2.26 bits per heavy atom. The van der Waals surface area contributed by atoms with Gasteiger partial charge in [0.15, 0.2) is 6.61 Å². The van der Waals surface area contributed by atoms with Crippen LogP contribution in [0.5, 0.6) is 5.75 Å². The summed E-state index contributed by atoms with van der Waals surface area (Å²) in [6.07, 6.45) is 0. The molecule has 19 heavy (non-hydrogen) atoms. The van der Waals surface area contributed by atoms with Gasteiger partial charge in [-0.3, -0.25) is 4.79 Å². The van der Waals surface area contributed by atoms with Gasteiger partial charge in [0.1, 0.15) is 5.75 Å². The summed E-state index contributed by atoms with van der Waals surface area (Å²) in [6, 6.07) is 7.20. The van der Waals surface area contributed by atoms with Crippen molar-refractivity contribution in [2.75, 3.05) is 13.2 Å². The maximum absolute atomic E-state index is 12.1. The summed E-state index contributed by atoms with van der Waals surface area (Å²) in [5.41, 5.74) is 0. The molecule has 0 fully saturated rings. The highest BCUT2D eigenvalue weighted by Gasteiger charge is 2.18. The van der Waals surface area contributed by atoms with E-state index < -0.39 is 0 Å². The van der Waals surface area contributed by atoms with E-state index in [0.29, 0.717) is 16.7 Å². The van der Waals surface area contributed by atoms with E-state index in [1.54, 1.807) is 24.3 Å². The fourth-order valence-electron chi connectivity index (χ4n) is 1.75. The third-order valence-corrected chi connectivity index (χ3v) is 2.93. The van der Waals surface area contributed by atoms with Crippen LogP contribution in [0.3, 0.4) is 0 Å². The van der Waals surface area contributed by atoms with Gasteiger partial charge in [-0.1, -0.05) is 25.4 Å². The minimum atomic E-state index is 0.0126. The molecule has 106 valence electrons. The molecule has 0 unspecified atom stereocenters. The Labute approximate surface area is 120 Å². The Morgan fingerprint density at radius 2 is 1.79 bits per heavy atom. The predicted molar refractivity (Wildman–Crippen MR) is 78.6 cm³/mol. The summed E-state index contributed by atoms with van der Waals surface area (Å²) >= 11 is 5.79. The van der Waals surface area contributed by atoms with E-state index >= 15 is 0 Å². The lowest BCUT2D eigenvalue weighted by Gasteiger charge is -2.28. The number of carbonyl (C=O) groups excluding carboxylic acids is 1. The van der Waals surface area contributed by atoms with Crippen LogP contribution in [0.2, 0.25) is 5.02 Å². The van der Waals surface area contributed by atoms with Crippen molar-refractivity contribution in [3.05, 3.63) is 29.3 Å². The first-order valence-corrected chi connectivity index (χ1v) is 6.95. The van der Waals surface area contributed by atoms with Gasteiger partial charge in [0.2, 0.25) is 0 Å². The number of carbonyl (C=O) groups is 1. The number of amides is 1. The van der Waals surface area contributed by atoms with E-state index in [1.165, 1.54) is 0 Å². The van der Waals surface area contributed by atoms with Crippen molar-refractivity contribution < 1.29 is 9.53 Å². The first-order valence-electron chi connectivity index (χ1n) is 6.58. The quantitative estimate of drug-likeness (QED) is 0.798. The SMILES string of the molecule is CC(C)CN(C(=O)COc1ccc(Cl)cc1)C(C)C. The van der Waals surface area contributed by atoms with Crippen molar-refractivity contribution in [1.82, 2.24) is 4.90 Å². The second-order valence-electron chi connectivity index (χ2n) is 5.28. The van der Waals surface area contributed by atoms with Crippen LogP contribution in [0.4, 0.5) is 0 Å². The van der Waals surface area contributed by atoms with Crippen LogP contribution in [0.25, 0.3) is 0 Å². The molecule has 4 heteroatoms. The highest BCUT2D eigenvalue weighted by Crippen LogP contribution is 2.15. The number of rotatable bonds is 6. The molecule has 1 aromatic carbocycles. The lowest BCUT2D eigenvalue weighted by Crippen LogP contribution is -2.42. The molecule has 3 nitrogen and oxygen atoms in total. The Kier molecular flexibility index (Phi) is 6.16. The minimum absolute atomic E-state index is 0.0126. The summed E-state index contributed by atoms with van der Waals surface area (Å²) in [7, 11) is 0. The van der Waals surface area contributed by atoms with Crippen LogP contribution < -0.4 is 4.74 Å². The Balaban J connectivity index is 2.54. The van der Waals surface area contributed by atoms with Crippen molar-refractivity contribution in [3.8, 4) is 5.75 Å². The topological polar surface area (TPSA) is 29.5 Å². The van der Waals surface area contributed by atoms with E-state index in [1.807, 2.05) is 18.7 Å². The summed E-state index contributed by atoms with van der Waals surface area (Å²) in [4.78, 5) is 14.0. The maximum Gasteiger partial charge on any atom is 0.260 e. The molecular weight excluding hydrogens is 262 g/mol. The van der Waals surface area contributed by atoms with Crippen molar-refractivity contribution in [1.29, 1.82) is 0 Å². The molecule has 0 aromatic heterocycles. The van der Waals surface area contributed by atoms with E-state index in [-0.39, 0.29) is 18.6 Å². The largest absolute Gasteiger partial charge is 0.484 e. The van der Waals surface area contributed by atoms with Gasteiger partial charge >= 0.3 is 0 Å². The van der Waals surface area contributed by atoms with Crippen molar-refractivity contribution >= 4 is 17.5 Å². The summed E-state index contributed by atoms with van der Waals surface area (Å²) in [5, 5.41) is 0.655. The summed E-state index contributed by atoms with van der Waals surface area (Å²) in [5.74, 6) is 1.12. The van der Waals surface area contributed by atoms with Gasteiger partial charge in [-0.25, -0.2) is 0 Å². The zero-order valence-electron chi connectivity index (χ0n) is 12.0. The molecule has 0 radical (unpaired) electrons. The highest BCUT2D eigenvalue weighted by atomic mass is 35.5. The van der Waals surface area contributed by atoms with Gasteiger partial charge in [-0.15, -0.1) is 0 Å². The average molecular weight is 284 g/mol. The molecular formula is C15H22ClNO2. The summed E-state index contributed by atoms with van der Waals surface area (Å²) < 4.78 is 5.49. The van der Waals surface area contributed by atoms with Crippen LogP contribution in [0, 0.1) is 5.92 Å². The van der Waals surface area contributed by atoms with Gasteiger partial charge in [0, 0.05) is 17.6 Å². The minimum Gasteiger partial charge on any atom is -0.484 e. The van der Waals surface area contributed by atoms with Crippen LogP contribution >= 0.6 is 11.6 Å². The fourth-order valence-corrected chi connectivity index (χ4v) is 1.88. The van der Waals surface area contributed by atoms with E-state index in [4.69, 9.17) is 16.3 Å². The van der Waals surface area contributed by atoms with Gasteiger partial charge in [-0.2, -0.15) is 0 Å². The molecule has 0 aliphatic heterocycles. The normalized spacial score (nSPS) is 10.9. The summed E-state index contributed by atoms with van der Waals surface area (Å²) in [6.45, 7) is 9.05. The fraction of sp³-hybridized carbons (Fsp3) is 0.533. The number of hydrogen-bond donors (Lipinski definition) is 0. The molecule has 0 aliphatic rings. The zero-order chi connectivity index (χ0) is 14.4. The second-order valence-corrected chi connectivity index (χ2v) is 5.71. The predicted octanol–water partition coefficient (Wildman–Crippen LogP) is 3.61. The monoisotopic (exact) mass is 283 g/mol. The van der Waals surface area contributed by atoms with E-state index in [0.717, 1.165) is 6.54 Å². The van der Waals surface area contributed by atoms with Gasteiger partial charge < -0.3 is 9.64 Å². The molecule has 0 spiro atoms. The molecule has 1 rings (SSSR count). The zero-order valence-corrected chi connectivity index (χ0v) is 12.8. The van der Waals surface area contributed by atoms with Crippen LogP contribution in [0.1, 0.15) is 27.7 Å². The molecule has 1 aromatic rings. The molecule has 0 bridgehead atoms. The number of nitrogens with zero attached hydrogens (tertiary/aromatic N) is 1. The Bertz CT molecular complexity index is 401. The smallest absolute Gasteiger partial charge is 0.260 e. The van der Waals surface area contributed by atoms with Gasteiger partial charge in [0.25, 0.3) is 5.91 Å². The molecule has 0 saturated carbocycles. The van der Waals surface area contributed by atoms with Crippen LogP contribution in [0.15, 0.2) is 24.3 Å². The number of halogens is 1. The average Bonchev–Trinajstić information content (AvgIpc) is 2.34. The third kappa shape index (κ3) is 5.52. The molecule has 1 amide bonds. The third-order valence-electron chi connectivity index (χ3n) is 2.68. The maximum atomic E-state index is 12.1. The first-order chi connectivity index (χ1) is 8.90. The Morgan fingerprint density at radius 1 is 1.21 bits per heavy atom. The molecule has 0 saturated heterocycles. The van der Waals surface area contributed by atoms with Crippen molar-refractivity contribution in [2.24, 2.45) is 5.92 Å². The standard InChI is InChI=1S/C15H22ClNO2/c1-11(2)9-17(12(3)4)15(18)10-19-14-7-5-13(16)6-8-14/h5-8,11-12H,9-10H2,1-4H3. The highest BCUT2D eigenvalue weighted by molar-refractivity contribution is 6.30. The van der Waals surface area contributed by atoms with Crippen LogP contribution in [-0.4, -0.2) is 30.0 Å². The van der Waals surface area contributed by atoms with Gasteiger partial charge in [0.05, 0.1) is 0 Å². The lowest BCUT2D eigenvalue weighted by atomic mass is 10.2. The van der Waals surface area contributed by atoms with Gasteiger partial charge in [-0.05, 0) is 44.0 Å². The van der Waals surface area contributed by atoms with Crippen molar-refractivity contribution in [2.45, 2.75) is 33.7 Å². The molecule has 0 heterocycles. The van der Waals surface area contributed by atoms with E-state index in [9.17, 15) is 4.79 Å². The first kappa shape index (κ1) is 15.8. The van der Waals surface area contributed by atoms with Crippen LogP contribution in [-0.2, 0) is 4.79 Å². The molecule has 0 atom stereocenters. The Hall–Kier alpha value is -1.22. The van der Waals surface area contributed by atoms with Crippen molar-refractivity contribution in [3.63, 3.8) is 0 Å². The van der Waals surface area contributed by atoms with E-state index in [2.05, 4.69) is 13.8 Å². The number of hydrogen-bond acceptors (Lipinski definition) is 2. The second kappa shape index (κ2) is 7.39. The number of benzene rings is 1. The molecule has 0 aliphatic carbocycles. The molecule has 0 N–H and O–H groups in total.